The highest BCUT2D eigenvalue weighted by atomic mass is 16.5. The first-order chi connectivity index (χ1) is 8.33. The zero-order valence-electron chi connectivity index (χ0n) is 9.25. The molecule has 0 fully saturated rings. The Bertz CT molecular complexity index is 716. The van der Waals surface area contributed by atoms with Crippen LogP contribution in [-0.2, 0) is 0 Å². The number of hydrogen-bond acceptors (Lipinski definition) is 3. The minimum absolute atomic E-state index is 0.552. The Balaban J connectivity index is 2.45. The molecule has 0 aliphatic heterocycles. The van der Waals surface area contributed by atoms with Crippen LogP contribution < -0.4 is 4.74 Å². The van der Waals surface area contributed by atoms with Crippen molar-refractivity contribution in [3.8, 4) is 5.75 Å². The second-order valence-corrected chi connectivity index (χ2v) is 3.75. The molecule has 0 amide bonds. The van der Waals surface area contributed by atoms with Crippen LogP contribution in [0.25, 0.3) is 16.6 Å². The number of imidazole rings is 1. The van der Waals surface area contributed by atoms with E-state index in [2.05, 4.69) is 4.98 Å². The first kappa shape index (κ1) is 9.84. The van der Waals surface area contributed by atoms with E-state index in [1.807, 2.05) is 34.7 Å². The van der Waals surface area contributed by atoms with E-state index in [1.165, 1.54) is 0 Å². The lowest BCUT2D eigenvalue weighted by atomic mass is 10.2. The molecule has 0 atom stereocenters. The molecule has 0 aliphatic rings. The molecule has 2 heterocycles. The molecule has 2 aromatic heterocycles. The van der Waals surface area contributed by atoms with Gasteiger partial charge in [-0.2, -0.15) is 0 Å². The Morgan fingerprint density at radius 1 is 1.29 bits per heavy atom. The molecule has 4 heteroatoms. The molecule has 0 aliphatic carbocycles. The molecule has 1 aromatic carbocycles. The van der Waals surface area contributed by atoms with E-state index in [-0.39, 0.29) is 0 Å². The molecule has 0 bridgehead atoms. The van der Waals surface area contributed by atoms with Crippen molar-refractivity contribution in [1.82, 2.24) is 9.38 Å². The predicted octanol–water partition coefficient (Wildman–Crippen LogP) is 2.31. The van der Waals surface area contributed by atoms with E-state index in [0.717, 1.165) is 28.6 Å². The molecule has 0 saturated heterocycles. The maximum absolute atomic E-state index is 11.0. The molecule has 0 spiro atoms. The van der Waals surface area contributed by atoms with Crippen molar-refractivity contribution in [3.63, 3.8) is 0 Å². The Kier molecular flexibility index (Phi) is 2.08. The fourth-order valence-electron chi connectivity index (χ4n) is 2.00. The smallest absolute Gasteiger partial charge is 0.168 e. The quantitative estimate of drug-likeness (QED) is 0.630. The van der Waals surface area contributed by atoms with Crippen molar-refractivity contribution in [1.29, 1.82) is 0 Å². The minimum Gasteiger partial charge on any atom is -0.497 e. The third kappa shape index (κ3) is 1.38. The first-order valence-electron chi connectivity index (χ1n) is 5.23. The first-order valence-corrected chi connectivity index (χ1v) is 5.23. The van der Waals surface area contributed by atoms with Gasteiger partial charge >= 0.3 is 0 Å². The zero-order chi connectivity index (χ0) is 11.8. The summed E-state index contributed by atoms with van der Waals surface area (Å²) < 4.78 is 7.01. The van der Waals surface area contributed by atoms with Gasteiger partial charge in [-0.25, -0.2) is 4.98 Å². The van der Waals surface area contributed by atoms with Crippen LogP contribution in [0.15, 0.2) is 36.5 Å². The number of fused-ring (bicyclic) bond motifs is 3. The summed E-state index contributed by atoms with van der Waals surface area (Å²) in [6.07, 6.45) is 2.38. The second-order valence-electron chi connectivity index (χ2n) is 3.75. The third-order valence-electron chi connectivity index (χ3n) is 2.82. The van der Waals surface area contributed by atoms with Gasteiger partial charge in [-0.3, -0.25) is 9.20 Å². The summed E-state index contributed by atoms with van der Waals surface area (Å²) in [6, 6.07) is 9.58. The van der Waals surface area contributed by atoms with Gasteiger partial charge in [-0.05, 0) is 30.3 Å². The number of aromatic nitrogens is 2. The maximum atomic E-state index is 11.0. The average molecular weight is 226 g/mol. The van der Waals surface area contributed by atoms with Crippen LogP contribution in [0.4, 0.5) is 0 Å². The van der Waals surface area contributed by atoms with Gasteiger partial charge in [-0.1, -0.05) is 0 Å². The molecule has 0 radical (unpaired) electrons. The van der Waals surface area contributed by atoms with Crippen LogP contribution in [0.1, 0.15) is 10.5 Å². The number of nitrogens with zero attached hydrogens (tertiary/aromatic N) is 2. The Morgan fingerprint density at radius 3 is 2.94 bits per heavy atom. The third-order valence-corrected chi connectivity index (χ3v) is 2.82. The van der Waals surface area contributed by atoms with E-state index >= 15 is 0 Å². The number of carbonyl (C=O) groups is 1. The zero-order valence-corrected chi connectivity index (χ0v) is 9.25. The van der Waals surface area contributed by atoms with Gasteiger partial charge in [0.15, 0.2) is 6.29 Å². The number of benzene rings is 1. The summed E-state index contributed by atoms with van der Waals surface area (Å²) in [4.78, 5) is 15.1. The number of ether oxygens (including phenoxy) is 1. The van der Waals surface area contributed by atoms with E-state index in [4.69, 9.17) is 4.74 Å². The summed E-state index contributed by atoms with van der Waals surface area (Å²) in [5, 5.41) is 1.01. The molecule has 0 saturated carbocycles. The summed E-state index contributed by atoms with van der Waals surface area (Å²) >= 11 is 0. The van der Waals surface area contributed by atoms with E-state index < -0.39 is 0 Å². The van der Waals surface area contributed by atoms with Crippen LogP contribution in [-0.4, -0.2) is 22.8 Å². The lowest BCUT2D eigenvalue weighted by Gasteiger charge is -2.05. The van der Waals surface area contributed by atoms with Gasteiger partial charge in [-0.15, -0.1) is 0 Å². The van der Waals surface area contributed by atoms with Gasteiger partial charge in [0.25, 0.3) is 0 Å². The SMILES string of the molecule is COc1ccc2c(ccc3ncc(C=O)n32)c1. The molecular weight excluding hydrogens is 216 g/mol. The lowest BCUT2D eigenvalue weighted by molar-refractivity contribution is 0.111. The van der Waals surface area contributed by atoms with Crippen LogP contribution in [0, 0.1) is 0 Å². The van der Waals surface area contributed by atoms with E-state index in [1.54, 1.807) is 13.3 Å². The van der Waals surface area contributed by atoms with Crippen molar-refractivity contribution < 1.29 is 9.53 Å². The lowest BCUT2D eigenvalue weighted by Crippen LogP contribution is -1.93. The summed E-state index contributed by atoms with van der Waals surface area (Å²) in [5.74, 6) is 0.796. The van der Waals surface area contributed by atoms with Gasteiger partial charge in [0, 0.05) is 5.39 Å². The molecule has 84 valence electrons. The Morgan fingerprint density at radius 2 is 2.18 bits per heavy atom. The highest BCUT2D eigenvalue weighted by molar-refractivity contribution is 5.87. The van der Waals surface area contributed by atoms with Gasteiger partial charge in [0.1, 0.15) is 17.1 Å². The van der Waals surface area contributed by atoms with Gasteiger partial charge in [0.2, 0.25) is 0 Å². The topological polar surface area (TPSA) is 43.6 Å². The average Bonchev–Trinajstić information content (AvgIpc) is 2.81. The normalized spacial score (nSPS) is 10.9. The largest absolute Gasteiger partial charge is 0.497 e. The van der Waals surface area contributed by atoms with Gasteiger partial charge in [0.05, 0.1) is 18.8 Å². The van der Waals surface area contributed by atoms with E-state index in [9.17, 15) is 4.79 Å². The number of rotatable bonds is 2. The number of methoxy groups -OCH3 is 1. The van der Waals surface area contributed by atoms with Crippen molar-refractivity contribution in [2.24, 2.45) is 0 Å². The highest BCUT2D eigenvalue weighted by Crippen LogP contribution is 2.22. The molecule has 0 unspecified atom stereocenters. The molecule has 0 N–H and O–H groups in total. The molecule has 4 nitrogen and oxygen atoms in total. The van der Waals surface area contributed by atoms with Crippen LogP contribution >= 0.6 is 0 Å². The van der Waals surface area contributed by atoms with Crippen LogP contribution in [0.2, 0.25) is 0 Å². The Labute approximate surface area is 97.5 Å². The molecule has 17 heavy (non-hydrogen) atoms. The second kappa shape index (κ2) is 3.59. The van der Waals surface area contributed by atoms with E-state index in [0.29, 0.717) is 5.69 Å². The van der Waals surface area contributed by atoms with Crippen LogP contribution in [0.5, 0.6) is 5.75 Å². The Hall–Kier alpha value is -2.36. The molecule has 3 rings (SSSR count). The standard InChI is InChI=1S/C13H10N2O2/c1-17-11-3-4-12-9(6-11)2-5-13-14-7-10(8-16)15(12)13/h2-8H,1H3. The maximum Gasteiger partial charge on any atom is 0.168 e. The highest BCUT2D eigenvalue weighted by Gasteiger charge is 2.06. The van der Waals surface area contributed by atoms with Gasteiger partial charge < -0.3 is 4.74 Å². The summed E-state index contributed by atoms with van der Waals surface area (Å²) in [7, 11) is 1.63. The minimum atomic E-state index is 0.552. The van der Waals surface area contributed by atoms with Crippen molar-refractivity contribution in [3.05, 3.63) is 42.2 Å². The molecular formula is C13H10N2O2. The monoisotopic (exact) mass is 226 g/mol. The summed E-state index contributed by atoms with van der Waals surface area (Å²) in [6.45, 7) is 0. The number of pyridine rings is 1. The number of carbonyl (C=O) groups excluding carboxylic acids is 1. The number of hydrogen-bond donors (Lipinski definition) is 0. The van der Waals surface area contributed by atoms with Crippen LogP contribution in [0.3, 0.4) is 0 Å². The fraction of sp³-hybridized carbons (Fsp3) is 0.0769. The molecule has 3 aromatic rings. The number of aldehydes is 1. The summed E-state index contributed by atoms with van der Waals surface area (Å²) in [5.41, 5.74) is 2.27. The van der Waals surface area contributed by atoms with Crippen molar-refractivity contribution in [2.75, 3.05) is 7.11 Å². The predicted molar refractivity (Wildman–Crippen MR) is 64.6 cm³/mol. The van der Waals surface area contributed by atoms with Crippen molar-refractivity contribution in [2.45, 2.75) is 0 Å². The van der Waals surface area contributed by atoms with Crippen molar-refractivity contribution >= 4 is 22.8 Å². The fourth-order valence-corrected chi connectivity index (χ4v) is 2.00.